The van der Waals surface area contributed by atoms with Crippen LogP contribution in [0.3, 0.4) is 0 Å². The molecule has 0 radical (unpaired) electrons. The molecule has 1 nitrogen and oxygen atoms in total. The summed E-state index contributed by atoms with van der Waals surface area (Å²) in [6.45, 7) is 3.91. The molecule has 2 heterocycles. The van der Waals surface area contributed by atoms with Crippen LogP contribution in [0.2, 0.25) is 0 Å². The molecule has 1 aromatic heterocycles. The van der Waals surface area contributed by atoms with Crippen LogP contribution in [0, 0.1) is 0 Å². The Labute approximate surface area is 85.6 Å². The van der Waals surface area contributed by atoms with Crippen LogP contribution < -0.4 is 0 Å². The van der Waals surface area contributed by atoms with E-state index in [1.807, 2.05) is 29.0 Å². The number of hydrogen-bond acceptors (Lipinski definition) is 3. The fourth-order valence-electron chi connectivity index (χ4n) is 0.978. The largest absolute Gasteiger partial charge is 0.464 e. The highest BCUT2D eigenvalue weighted by molar-refractivity contribution is 8.13. The van der Waals surface area contributed by atoms with Crippen LogP contribution in [0.1, 0.15) is 5.76 Å². The van der Waals surface area contributed by atoms with Crippen LogP contribution in [-0.2, 0) is 0 Å². The smallest absolute Gasteiger partial charge is 0.140 e. The van der Waals surface area contributed by atoms with E-state index in [9.17, 15) is 0 Å². The second-order valence-electron chi connectivity index (χ2n) is 2.46. The number of allylic oxidation sites excluding steroid dienone is 1. The molecule has 0 atom stereocenters. The molecule has 0 aromatic carbocycles. The van der Waals surface area contributed by atoms with E-state index in [4.69, 9.17) is 4.42 Å². The summed E-state index contributed by atoms with van der Waals surface area (Å²) >= 11 is 3.28. The molecule has 0 bridgehead atoms. The van der Waals surface area contributed by atoms with E-state index < -0.39 is 0 Å². The van der Waals surface area contributed by atoms with Gasteiger partial charge in [0.25, 0.3) is 0 Å². The molecule has 1 aliphatic heterocycles. The number of hydrogen-bond donors (Lipinski definition) is 0. The SMILES string of the molecule is C=C1C=C(c2ccco2)SC=CS1. The summed E-state index contributed by atoms with van der Waals surface area (Å²) in [5.74, 6) is 0.901. The van der Waals surface area contributed by atoms with Gasteiger partial charge in [0.05, 0.1) is 11.2 Å². The normalized spacial score (nSPS) is 16.9. The van der Waals surface area contributed by atoms with E-state index in [0.717, 1.165) is 15.6 Å². The lowest BCUT2D eigenvalue weighted by molar-refractivity contribution is 0.556. The molecule has 0 N–H and O–H groups in total. The predicted octanol–water partition coefficient (Wildman–Crippen LogP) is 4.09. The van der Waals surface area contributed by atoms with E-state index in [1.54, 1.807) is 29.8 Å². The van der Waals surface area contributed by atoms with Crippen molar-refractivity contribution in [3.8, 4) is 0 Å². The minimum atomic E-state index is 0.901. The van der Waals surface area contributed by atoms with Gasteiger partial charge in [0.1, 0.15) is 5.76 Å². The highest BCUT2D eigenvalue weighted by Crippen LogP contribution is 2.35. The number of furan rings is 1. The molecule has 0 saturated heterocycles. The quantitative estimate of drug-likeness (QED) is 0.690. The van der Waals surface area contributed by atoms with Crippen molar-refractivity contribution in [3.63, 3.8) is 0 Å². The molecule has 0 fully saturated rings. The fraction of sp³-hybridized carbons (Fsp3) is 0. The summed E-state index contributed by atoms with van der Waals surface area (Å²) in [6, 6.07) is 3.84. The standard InChI is InChI=1S/C10H8OS2/c1-8-7-10(13-6-5-12-8)9-3-2-4-11-9/h2-7H,1H2. The van der Waals surface area contributed by atoms with Crippen molar-refractivity contribution in [2.24, 2.45) is 0 Å². The maximum absolute atomic E-state index is 5.30. The van der Waals surface area contributed by atoms with Crippen molar-refractivity contribution in [1.29, 1.82) is 0 Å². The lowest BCUT2D eigenvalue weighted by atomic mass is 10.4. The maximum atomic E-state index is 5.30. The van der Waals surface area contributed by atoms with E-state index in [2.05, 4.69) is 6.58 Å². The second kappa shape index (κ2) is 3.94. The predicted molar refractivity (Wildman–Crippen MR) is 60.1 cm³/mol. The van der Waals surface area contributed by atoms with Gasteiger partial charge in [-0.05, 0) is 29.0 Å². The average Bonchev–Trinajstić information content (AvgIpc) is 2.56. The Morgan fingerprint density at radius 1 is 1.23 bits per heavy atom. The first-order chi connectivity index (χ1) is 6.36. The molecule has 0 saturated carbocycles. The Balaban J connectivity index is 2.32. The zero-order valence-corrected chi connectivity index (χ0v) is 8.53. The van der Waals surface area contributed by atoms with Gasteiger partial charge in [0, 0.05) is 4.91 Å². The van der Waals surface area contributed by atoms with Gasteiger partial charge in [-0.2, -0.15) is 0 Å². The molecule has 66 valence electrons. The summed E-state index contributed by atoms with van der Waals surface area (Å²) in [5.41, 5.74) is 0. The molecule has 0 amide bonds. The summed E-state index contributed by atoms with van der Waals surface area (Å²) in [7, 11) is 0. The zero-order valence-electron chi connectivity index (χ0n) is 6.90. The Hall–Kier alpha value is -0.800. The summed E-state index contributed by atoms with van der Waals surface area (Å²) < 4.78 is 5.30. The van der Waals surface area contributed by atoms with Crippen molar-refractivity contribution >= 4 is 28.4 Å². The molecule has 1 aromatic rings. The number of thioether (sulfide) groups is 2. The monoisotopic (exact) mass is 208 g/mol. The first kappa shape index (κ1) is 8.78. The van der Waals surface area contributed by atoms with Crippen molar-refractivity contribution in [3.05, 3.63) is 52.5 Å². The first-order valence-corrected chi connectivity index (χ1v) is 5.55. The van der Waals surface area contributed by atoms with E-state index in [0.29, 0.717) is 0 Å². The van der Waals surface area contributed by atoms with Crippen LogP contribution >= 0.6 is 23.5 Å². The highest BCUT2D eigenvalue weighted by Gasteiger charge is 2.06. The van der Waals surface area contributed by atoms with Crippen molar-refractivity contribution < 1.29 is 4.42 Å². The molecule has 3 heteroatoms. The summed E-state index contributed by atoms with van der Waals surface area (Å²) in [5, 5.41) is 4.07. The topological polar surface area (TPSA) is 13.1 Å². The Bertz CT molecular complexity index is 360. The number of rotatable bonds is 1. The molecular weight excluding hydrogens is 200 g/mol. The average molecular weight is 208 g/mol. The lowest BCUT2D eigenvalue weighted by Gasteiger charge is -1.97. The third-order valence-corrected chi connectivity index (χ3v) is 3.24. The molecule has 13 heavy (non-hydrogen) atoms. The van der Waals surface area contributed by atoms with Crippen molar-refractivity contribution in [2.75, 3.05) is 0 Å². The third kappa shape index (κ3) is 2.11. The van der Waals surface area contributed by atoms with Gasteiger partial charge in [0.2, 0.25) is 0 Å². The molecule has 2 rings (SSSR count). The first-order valence-electron chi connectivity index (χ1n) is 3.79. The molecule has 0 aliphatic carbocycles. The highest BCUT2D eigenvalue weighted by atomic mass is 32.2. The van der Waals surface area contributed by atoms with E-state index in [1.165, 1.54) is 0 Å². The van der Waals surface area contributed by atoms with Gasteiger partial charge in [-0.3, -0.25) is 0 Å². The summed E-state index contributed by atoms with van der Waals surface area (Å²) in [4.78, 5) is 2.14. The zero-order chi connectivity index (χ0) is 9.10. The Morgan fingerprint density at radius 3 is 2.85 bits per heavy atom. The lowest BCUT2D eigenvalue weighted by Crippen LogP contribution is -1.72. The van der Waals surface area contributed by atoms with Crippen LogP contribution in [-0.4, -0.2) is 0 Å². The van der Waals surface area contributed by atoms with E-state index in [-0.39, 0.29) is 0 Å². The summed E-state index contributed by atoms with van der Waals surface area (Å²) in [6.07, 6.45) is 3.72. The Kier molecular flexibility index (Phi) is 2.66. The maximum Gasteiger partial charge on any atom is 0.140 e. The van der Waals surface area contributed by atoms with Crippen LogP contribution in [0.4, 0.5) is 0 Å². The van der Waals surface area contributed by atoms with E-state index >= 15 is 0 Å². The van der Waals surface area contributed by atoms with Crippen molar-refractivity contribution in [2.45, 2.75) is 0 Å². The van der Waals surface area contributed by atoms with Gasteiger partial charge in [-0.25, -0.2) is 0 Å². The minimum Gasteiger partial charge on any atom is -0.464 e. The third-order valence-electron chi connectivity index (χ3n) is 1.53. The molecule has 0 unspecified atom stereocenters. The van der Waals surface area contributed by atoms with Crippen molar-refractivity contribution in [1.82, 2.24) is 0 Å². The molecule has 1 aliphatic rings. The van der Waals surface area contributed by atoms with Gasteiger partial charge in [-0.15, -0.1) is 0 Å². The van der Waals surface area contributed by atoms with Gasteiger partial charge in [-0.1, -0.05) is 30.1 Å². The molecule has 0 spiro atoms. The molecular formula is C10H8OS2. The van der Waals surface area contributed by atoms with Crippen LogP contribution in [0.25, 0.3) is 4.91 Å². The van der Waals surface area contributed by atoms with Crippen LogP contribution in [0.5, 0.6) is 0 Å². The Morgan fingerprint density at radius 2 is 2.08 bits per heavy atom. The fourth-order valence-corrected chi connectivity index (χ4v) is 2.45. The van der Waals surface area contributed by atoms with Gasteiger partial charge in [0.15, 0.2) is 0 Å². The van der Waals surface area contributed by atoms with Gasteiger partial charge >= 0.3 is 0 Å². The van der Waals surface area contributed by atoms with Gasteiger partial charge < -0.3 is 4.42 Å². The van der Waals surface area contributed by atoms with Crippen LogP contribution in [0.15, 0.2) is 51.2 Å². The minimum absolute atomic E-state index is 0.901. The second-order valence-corrected chi connectivity index (χ2v) is 4.44.